The summed E-state index contributed by atoms with van der Waals surface area (Å²) in [6, 6.07) is 9.52. The van der Waals surface area contributed by atoms with Gasteiger partial charge >= 0.3 is 0 Å². The molecule has 1 heterocycles. The van der Waals surface area contributed by atoms with Gasteiger partial charge in [-0.25, -0.2) is 0 Å². The fraction of sp³-hybridized carbons (Fsp3) is 0.524. The van der Waals surface area contributed by atoms with Gasteiger partial charge in [-0.1, -0.05) is 31.1 Å². The second-order valence-corrected chi connectivity index (χ2v) is 6.73. The van der Waals surface area contributed by atoms with Gasteiger partial charge in [-0.05, 0) is 51.5 Å². The predicted molar refractivity (Wildman–Crippen MR) is 107 cm³/mol. The van der Waals surface area contributed by atoms with Gasteiger partial charge in [0.25, 0.3) is 0 Å². The van der Waals surface area contributed by atoms with Crippen LogP contribution in [-0.4, -0.2) is 48.7 Å². The number of benzene rings is 1. The van der Waals surface area contributed by atoms with Crippen LogP contribution in [0.15, 0.2) is 34.9 Å². The highest BCUT2D eigenvalue weighted by molar-refractivity contribution is 5.78. The lowest BCUT2D eigenvalue weighted by atomic mass is 10.1. The van der Waals surface area contributed by atoms with Crippen molar-refractivity contribution in [2.24, 2.45) is 0 Å². The summed E-state index contributed by atoms with van der Waals surface area (Å²) in [6.07, 6.45) is 2.26. The number of nitrogens with zero attached hydrogens (tertiary/aromatic N) is 2. The molecule has 1 aromatic heterocycles. The molecule has 148 valence electrons. The summed E-state index contributed by atoms with van der Waals surface area (Å²) in [5.74, 6) is 1.35. The van der Waals surface area contributed by atoms with Crippen molar-refractivity contribution in [2.75, 3.05) is 26.7 Å². The van der Waals surface area contributed by atoms with Gasteiger partial charge in [-0.15, -0.1) is 0 Å². The molecule has 0 bridgehead atoms. The summed E-state index contributed by atoms with van der Waals surface area (Å²) >= 11 is 0. The first kappa shape index (κ1) is 21.0. The standard InChI is InChI=1S/C21H31N3O3/c1-5-24(6-2)12-8-9-16(3)22-21(25)15-18-14-20(27-23-18)17-10-7-11-19(13-17)26-4/h7,10-11,13-14,16H,5-6,8-9,12,15H2,1-4H3,(H,22,25). The summed E-state index contributed by atoms with van der Waals surface area (Å²) in [7, 11) is 1.62. The molecule has 2 aromatic rings. The summed E-state index contributed by atoms with van der Waals surface area (Å²) in [6.45, 7) is 9.60. The second kappa shape index (κ2) is 10.7. The highest BCUT2D eigenvalue weighted by atomic mass is 16.5. The molecule has 6 nitrogen and oxygen atoms in total. The third kappa shape index (κ3) is 6.71. The number of rotatable bonds is 11. The average Bonchev–Trinajstić information content (AvgIpc) is 3.13. The van der Waals surface area contributed by atoms with Crippen LogP contribution in [0.25, 0.3) is 11.3 Å². The second-order valence-electron chi connectivity index (χ2n) is 6.73. The van der Waals surface area contributed by atoms with Crippen LogP contribution in [0, 0.1) is 0 Å². The van der Waals surface area contributed by atoms with Crippen molar-refractivity contribution < 1.29 is 14.1 Å². The highest BCUT2D eigenvalue weighted by Crippen LogP contribution is 2.24. The molecule has 0 saturated carbocycles. The number of carbonyl (C=O) groups excluding carboxylic acids is 1. The number of ether oxygens (including phenoxy) is 1. The Balaban J connectivity index is 1.81. The largest absolute Gasteiger partial charge is 0.497 e. The first-order valence-electron chi connectivity index (χ1n) is 9.67. The van der Waals surface area contributed by atoms with Crippen LogP contribution in [0.4, 0.5) is 0 Å². The summed E-state index contributed by atoms with van der Waals surface area (Å²) < 4.78 is 10.6. The normalized spacial score (nSPS) is 12.2. The Kier molecular flexibility index (Phi) is 8.33. The van der Waals surface area contributed by atoms with Crippen LogP contribution in [0.2, 0.25) is 0 Å². The molecule has 0 saturated heterocycles. The van der Waals surface area contributed by atoms with Crippen molar-refractivity contribution >= 4 is 5.91 Å². The van der Waals surface area contributed by atoms with Crippen molar-refractivity contribution in [3.05, 3.63) is 36.0 Å². The topological polar surface area (TPSA) is 67.6 Å². The van der Waals surface area contributed by atoms with E-state index in [9.17, 15) is 4.79 Å². The van der Waals surface area contributed by atoms with Crippen LogP contribution in [0.1, 0.15) is 39.3 Å². The zero-order valence-electron chi connectivity index (χ0n) is 16.8. The lowest BCUT2D eigenvalue weighted by Crippen LogP contribution is -2.34. The number of hydrogen-bond acceptors (Lipinski definition) is 5. The van der Waals surface area contributed by atoms with Gasteiger partial charge < -0.3 is 19.5 Å². The fourth-order valence-electron chi connectivity index (χ4n) is 3.03. The Morgan fingerprint density at radius 3 is 2.78 bits per heavy atom. The molecule has 0 spiro atoms. The van der Waals surface area contributed by atoms with Gasteiger partial charge in [-0.3, -0.25) is 4.79 Å². The number of amides is 1. The van der Waals surface area contributed by atoms with Gasteiger partial charge in [-0.2, -0.15) is 0 Å². The van der Waals surface area contributed by atoms with E-state index in [1.54, 1.807) is 13.2 Å². The Morgan fingerprint density at radius 2 is 2.07 bits per heavy atom. The smallest absolute Gasteiger partial charge is 0.226 e. The molecule has 0 aliphatic rings. The first-order chi connectivity index (χ1) is 13.0. The number of nitrogens with one attached hydrogen (secondary N) is 1. The van der Waals surface area contributed by atoms with E-state index in [-0.39, 0.29) is 18.4 Å². The summed E-state index contributed by atoms with van der Waals surface area (Å²) in [5, 5.41) is 7.07. The highest BCUT2D eigenvalue weighted by Gasteiger charge is 2.13. The number of methoxy groups -OCH3 is 1. The minimum Gasteiger partial charge on any atom is -0.497 e. The van der Waals surface area contributed by atoms with E-state index in [0.29, 0.717) is 11.5 Å². The average molecular weight is 373 g/mol. The van der Waals surface area contributed by atoms with Gasteiger partial charge in [0.15, 0.2) is 5.76 Å². The maximum absolute atomic E-state index is 12.3. The molecule has 2 rings (SSSR count). The van der Waals surface area contributed by atoms with E-state index in [1.165, 1.54) is 0 Å². The molecule has 27 heavy (non-hydrogen) atoms. The fourth-order valence-corrected chi connectivity index (χ4v) is 3.03. The molecular formula is C21H31N3O3. The van der Waals surface area contributed by atoms with E-state index >= 15 is 0 Å². The lowest BCUT2D eigenvalue weighted by Gasteiger charge is -2.19. The van der Waals surface area contributed by atoms with Crippen LogP contribution < -0.4 is 10.1 Å². The molecule has 6 heteroatoms. The quantitative estimate of drug-likeness (QED) is 0.653. The number of carbonyl (C=O) groups is 1. The minimum absolute atomic E-state index is 0.0316. The molecule has 0 fully saturated rings. The van der Waals surface area contributed by atoms with Crippen molar-refractivity contribution in [3.8, 4) is 17.1 Å². The van der Waals surface area contributed by atoms with Crippen LogP contribution in [-0.2, 0) is 11.2 Å². The maximum atomic E-state index is 12.3. The minimum atomic E-state index is -0.0316. The molecule has 0 aliphatic carbocycles. The zero-order valence-corrected chi connectivity index (χ0v) is 16.8. The monoisotopic (exact) mass is 373 g/mol. The Morgan fingerprint density at radius 1 is 1.30 bits per heavy atom. The van der Waals surface area contributed by atoms with Gasteiger partial charge in [0, 0.05) is 17.7 Å². The first-order valence-corrected chi connectivity index (χ1v) is 9.67. The summed E-state index contributed by atoms with van der Waals surface area (Å²) in [5.41, 5.74) is 1.50. The molecule has 0 aliphatic heterocycles. The van der Waals surface area contributed by atoms with E-state index < -0.39 is 0 Å². The van der Waals surface area contributed by atoms with Crippen molar-refractivity contribution in [3.63, 3.8) is 0 Å². The number of aromatic nitrogens is 1. The van der Waals surface area contributed by atoms with Crippen LogP contribution in [0.3, 0.4) is 0 Å². The van der Waals surface area contributed by atoms with Crippen molar-refractivity contribution in [2.45, 2.75) is 46.1 Å². The van der Waals surface area contributed by atoms with E-state index in [2.05, 4.69) is 29.2 Å². The van der Waals surface area contributed by atoms with E-state index in [1.807, 2.05) is 31.2 Å². The van der Waals surface area contributed by atoms with Gasteiger partial charge in [0.2, 0.25) is 5.91 Å². The van der Waals surface area contributed by atoms with E-state index in [0.717, 1.165) is 43.8 Å². The van der Waals surface area contributed by atoms with Gasteiger partial charge in [0.1, 0.15) is 5.75 Å². The lowest BCUT2D eigenvalue weighted by molar-refractivity contribution is -0.121. The third-order valence-electron chi connectivity index (χ3n) is 4.67. The molecular weight excluding hydrogens is 342 g/mol. The van der Waals surface area contributed by atoms with Crippen molar-refractivity contribution in [1.29, 1.82) is 0 Å². The zero-order chi connectivity index (χ0) is 19.6. The van der Waals surface area contributed by atoms with Crippen molar-refractivity contribution in [1.82, 2.24) is 15.4 Å². The third-order valence-corrected chi connectivity index (χ3v) is 4.67. The predicted octanol–water partition coefficient (Wildman–Crippen LogP) is 3.52. The Labute approximate surface area is 161 Å². The SMILES string of the molecule is CCN(CC)CCCC(C)NC(=O)Cc1cc(-c2cccc(OC)c2)on1. The molecule has 1 amide bonds. The Hall–Kier alpha value is -2.34. The van der Waals surface area contributed by atoms with Crippen LogP contribution >= 0.6 is 0 Å². The molecule has 1 unspecified atom stereocenters. The van der Waals surface area contributed by atoms with Gasteiger partial charge in [0.05, 0.1) is 19.2 Å². The molecule has 1 atom stereocenters. The Bertz CT molecular complexity index is 710. The molecule has 1 aromatic carbocycles. The number of hydrogen-bond donors (Lipinski definition) is 1. The molecule has 0 radical (unpaired) electrons. The maximum Gasteiger partial charge on any atom is 0.226 e. The molecule has 1 N–H and O–H groups in total. The van der Waals surface area contributed by atoms with E-state index in [4.69, 9.17) is 9.26 Å². The van der Waals surface area contributed by atoms with Crippen LogP contribution in [0.5, 0.6) is 5.75 Å². The summed E-state index contributed by atoms with van der Waals surface area (Å²) in [4.78, 5) is 14.6.